The number of hydrogen-bond donors (Lipinski definition) is 4. The van der Waals surface area contributed by atoms with Crippen molar-refractivity contribution < 1.29 is 38.2 Å². The van der Waals surface area contributed by atoms with Crippen LogP contribution in [0.5, 0.6) is 5.75 Å². The summed E-state index contributed by atoms with van der Waals surface area (Å²) in [5, 5.41) is 8.39. The third-order valence-corrected chi connectivity index (χ3v) is 9.61. The van der Waals surface area contributed by atoms with Crippen molar-refractivity contribution in [1.82, 2.24) is 20.9 Å². The van der Waals surface area contributed by atoms with Crippen LogP contribution in [0, 0.1) is 17.3 Å². The normalized spacial score (nSPS) is 21.7. The predicted molar refractivity (Wildman–Crippen MR) is 176 cm³/mol. The first-order valence-corrected chi connectivity index (χ1v) is 17.0. The number of methoxy groups -OCH3 is 1. The number of primary amides is 1. The van der Waals surface area contributed by atoms with Gasteiger partial charge in [-0.25, -0.2) is 9.59 Å². The number of carbonyl (C=O) groups excluding carboxylic acids is 6. The highest BCUT2D eigenvalue weighted by Gasteiger charge is 2.47. The van der Waals surface area contributed by atoms with Gasteiger partial charge in [-0.3, -0.25) is 19.2 Å². The Labute approximate surface area is 282 Å². The fourth-order valence-corrected chi connectivity index (χ4v) is 6.64. The van der Waals surface area contributed by atoms with E-state index in [1.54, 1.807) is 52.1 Å². The number of likely N-dealkylation sites (tertiary alicyclic amines) is 1. The number of amides is 5. The summed E-state index contributed by atoms with van der Waals surface area (Å²) in [7, 11) is 1.57. The van der Waals surface area contributed by atoms with Crippen LogP contribution in [-0.4, -0.2) is 77.7 Å². The van der Waals surface area contributed by atoms with Gasteiger partial charge >= 0.3 is 12.0 Å². The molecule has 0 bridgehead atoms. The van der Waals surface area contributed by atoms with Crippen LogP contribution in [0.4, 0.5) is 4.79 Å². The zero-order valence-electron chi connectivity index (χ0n) is 28.8. The van der Waals surface area contributed by atoms with E-state index in [0.29, 0.717) is 31.4 Å². The van der Waals surface area contributed by atoms with E-state index in [-0.39, 0.29) is 25.0 Å². The molecule has 0 aromatic heterocycles. The van der Waals surface area contributed by atoms with E-state index >= 15 is 0 Å². The zero-order chi connectivity index (χ0) is 35.2. The van der Waals surface area contributed by atoms with Gasteiger partial charge in [0.05, 0.1) is 13.2 Å². The molecule has 0 radical (unpaired) electrons. The van der Waals surface area contributed by atoms with Crippen molar-refractivity contribution >= 4 is 35.5 Å². The standard InChI is InChI=1S/C35H51N5O8/c1-21-17-26(30(43)37-25(18-22-9-10-22)27(41)29(36)42)40(19-21)31(44)28(34(2,3)4)38-33(46)39-35(15-7-6-8-16-35)32(45)48-20-23-11-13-24(47-5)14-12-23/h11-14,21-22,25-26,28H,6-10,15-20H2,1-5H3,(H2,36,42)(H,37,43)(H2,38,39,46)/t21-,25?,26+,28-/m1/s1. The van der Waals surface area contributed by atoms with Crippen LogP contribution in [0.25, 0.3) is 0 Å². The molecular formula is C35H51N5O8. The molecule has 1 aromatic carbocycles. The number of benzene rings is 1. The smallest absolute Gasteiger partial charge is 0.332 e. The second kappa shape index (κ2) is 15.4. The van der Waals surface area contributed by atoms with Gasteiger partial charge in [0, 0.05) is 6.54 Å². The van der Waals surface area contributed by atoms with Gasteiger partial charge in [-0.15, -0.1) is 0 Å². The molecule has 1 aromatic rings. The topological polar surface area (TPSA) is 186 Å². The van der Waals surface area contributed by atoms with Gasteiger partial charge < -0.3 is 36.1 Å². The van der Waals surface area contributed by atoms with Crippen molar-refractivity contribution in [2.45, 2.75) is 116 Å². The van der Waals surface area contributed by atoms with Crippen molar-refractivity contribution in [2.75, 3.05) is 13.7 Å². The van der Waals surface area contributed by atoms with Crippen LogP contribution in [0.2, 0.25) is 0 Å². The molecule has 3 fully saturated rings. The van der Waals surface area contributed by atoms with E-state index in [4.69, 9.17) is 15.2 Å². The molecule has 264 valence electrons. The molecule has 2 saturated carbocycles. The first-order valence-electron chi connectivity index (χ1n) is 17.0. The second-order valence-corrected chi connectivity index (χ2v) is 14.8. The summed E-state index contributed by atoms with van der Waals surface area (Å²) in [4.78, 5) is 80.5. The second-order valence-electron chi connectivity index (χ2n) is 14.8. The van der Waals surface area contributed by atoms with Gasteiger partial charge in [0.2, 0.25) is 17.6 Å². The van der Waals surface area contributed by atoms with Gasteiger partial charge in [-0.2, -0.15) is 0 Å². The van der Waals surface area contributed by atoms with E-state index < -0.39 is 64.6 Å². The highest BCUT2D eigenvalue weighted by Crippen LogP contribution is 2.34. The van der Waals surface area contributed by atoms with Gasteiger partial charge in [-0.1, -0.05) is 71.9 Å². The quantitative estimate of drug-likeness (QED) is 0.182. The zero-order valence-corrected chi connectivity index (χ0v) is 28.8. The molecule has 5 amide bonds. The van der Waals surface area contributed by atoms with E-state index in [1.807, 2.05) is 6.92 Å². The SMILES string of the molecule is COc1ccc(COC(=O)C2(NC(=O)N[C@H](C(=O)N3C[C@H](C)C[C@H]3C(=O)NC(CC3CC3)C(=O)C(N)=O)C(C)(C)C)CCCCC2)cc1. The van der Waals surface area contributed by atoms with Gasteiger partial charge in [-0.05, 0) is 60.6 Å². The number of rotatable bonds is 13. The van der Waals surface area contributed by atoms with Crippen LogP contribution in [-0.2, 0) is 35.3 Å². The molecule has 13 nitrogen and oxygen atoms in total. The molecule has 2 aliphatic carbocycles. The van der Waals surface area contributed by atoms with E-state index in [9.17, 15) is 28.8 Å². The van der Waals surface area contributed by atoms with Crippen LogP contribution >= 0.6 is 0 Å². The fourth-order valence-electron chi connectivity index (χ4n) is 6.64. The molecule has 1 unspecified atom stereocenters. The average molecular weight is 670 g/mol. The van der Waals surface area contributed by atoms with E-state index in [0.717, 1.165) is 37.7 Å². The lowest BCUT2D eigenvalue weighted by atomic mass is 9.81. The number of ketones is 1. The Bertz CT molecular complexity index is 1360. The number of hydrogen-bond acceptors (Lipinski definition) is 8. The lowest BCUT2D eigenvalue weighted by molar-refractivity contribution is -0.154. The Hall–Kier alpha value is -4.16. The Morgan fingerprint density at radius 3 is 2.21 bits per heavy atom. The van der Waals surface area contributed by atoms with Gasteiger partial charge in [0.15, 0.2) is 0 Å². The summed E-state index contributed by atoms with van der Waals surface area (Å²) >= 11 is 0. The molecule has 48 heavy (non-hydrogen) atoms. The molecular weight excluding hydrogens is 618 g/mol. The molecule has 13 heteroatoms. The molecule has 4 rings (SSSR count). The Morgan fingerprint density at radius 2 is 1.65 bits per heavy atom. The third-order valence-electron chi connectivity index (χ3n) is 9.61. The van der Waals surface area contributed by atoms with Crippen LogP contribution in [0.15, 0.2) is 24.3 Å². The monoisotopic (exact) mass is 669 g/mol. The third kappa shape index (κ3) is 9.25. The number of carbonyl (C=O) groups is 6. The first-order chi connectivity index (χ1) is 22.6. The van der Waals surface area contributed by atoms with Crippen molar-refractivity contribution in [3.05, 3.63) is 29.8 Å². The average Bonchev–Trinajstić information content (AvgIpc) is 3.78. The summed E-state index contributed by atoms with van der Waals surface area (Å²) < 4.78 is 10.9. The summed E-state index contributed by atoms with van der Waals surface area (Å²) in [5.74, 6) is -2.61. The van der Waals surface area contributed by atoms with Gasteiger partial charge in [0.25, 0.3) is 5.91 Å². The lowest BCUT2D eigenvalue weighted by Crippen LogP contribution is -2.64. The largest absolute Gasteiger partial charge is 0.497 e. The number of Topliss-reactive ketones (excluding diaryl/α,β-unsaturated/α-hetero) is 1. The number of esters is 1. The molecule has 4 atom stereocenters. The predicted octanol–water partition coefficient (Wildman–Crippen LogP) is 2.73. The van der Waals surface area contributed by atoms with Crippen LogP contribution in [0.1, 0.15) is 91.0 Å². The maximum absolute atomic E-state index is 14.2. The lowest BCUT2D eigenvalue weighted by Gasteiger charge is -2.38. The van der Waals surface area contributed by atoms with Crippen molar-refractivity contribution in [1.29, 1.82) is 0 Å². The molecule has 1 saturated heterocycles. The summed E-state index contributed by atoms with van der Waals surface area (Å²) in [5.41, 5.74) is 4.00. The van der Waals surface area contributed by atoms with Crippen molar-refractivity contribution in [3.63, 3.8) is 0 Å². The molecule has 1 heterocycles. The number of ether oxygens (including phenoxy) is 2. The fraction of sp³-hybridized carbons (Fsp3) is 0.657. The number of nitrogens with one attached hydrogen (secondary N) is 3. The van der Waals surface area contributed by atoms with Crippen LogP contribution < -0.4 is 26.4 Å². The summed E-state index contributed by atoms with van der Waals surface area (Å²) in [6.45, 7) is 7.63. The minimum absolute atomic E-state index is 0.0279. The molecule has 0 spiro atoms. The molecule has 5 N–H and O–H groups in total. The van der Waals surface area contributed by atoms with Crippen LogP contribution in [0.3, 0.4) is 0 Å². The molecule has 1 aliphatic heterocycles. The Balaban J connectivity index is 1.46. The maximum atomic E-state index is 14.2. The van der Waals surface area contributed by atoms with Crippen molar-refractivity contribution in [2.24, 2.45) is 23.0 Å². The number of nitrogens with zero attached hydrogens (tertiary/aromatic N) is 1. The number of urea groups is 1. The highest BCUT2D eigenvalue weighted by atomic mass is 16.5. The first kappa shape index (κ1) is 36.7. The van der Waals surface area contributed by atoms with Gasteiger partial charge in [0.1, 0.15) is 30.0 Å². The number of nitrogens with two attached hydrogens (primary N) is 1. The summed E-state index contributed by atoms with van der Waals surface area (Å²) in [6.07, 6.45) is 5.65. The van der Waals surface area contributed by atoms with E-state index in [2.05, 4.69) is 16.0 Å². The van der Waals surface area contributed by atoms with Crippen molar-refractivity contribution in [3.8, 4) is 5.75 Å². The molecule has 3 aliphatic rings. The van der Waals surface area contributed by atoms with E-state index in [1.165, 1.54) is 4.90 Å². The highest BCUT2D eigenvalue weighted by molar-refractivity contribution is 6.37. The Kier molecular flexibility index (Phi) is 11.7. The minimum atomic E-state index is -1.26. The minimum Gasteiger partial charge on any atom is -0.497 e. The summed E-state index contributed by atoms with van der Waals surface area (Å²) in [6, 6.07) is 3.47. The Morgan fingerprint density at radius 1 is 1.00 bits per heavy atom. The maximum Gasteiger partial charge on any atom is 0.332 e.